The molecule has 4 fully saturated rings. The Labute approximate surface area is 114 Å². The molecular weight excluding hydrogens is 238 g/mol. The fraction of sp³-hybridized carbons (Fsp3) is 0.750. The van der Waals surface area contributed by atoms with Crippen LogP contribution in [0.5, 0.6) is 0 Å². The minimum atomic E-state index is -0.374. The number of hydrogen-bond acceptors (Lipinski definition) is 2. The van der Waals surface area contributed by atoms with Gasteiger partial charge in [-0.15, -0.1) is 0 Å². The van der Waals surface area contributed by atoms with Crippen LogP contribution in [0, 0.1) is 24.3 Å². The number of carbonyl (C=O) groups is 1. The number of ether oxygens (including phenoxy) is 1. The lowest BCUT2D eigenvalue weighted by Gasteiger charge is -2.59. The van der Waals surface area contributed by atoms with E-state index in [1.165, 1.54) is 0 Å². The summed E-state index contributed by atoms with van der Waals surface area (Å²) in [7, 11) is 0. The van der Waals surface area contributed by atoms with Crippen LogP contribution in [-0.2, 0) is 9.53 Å². The summed E-state index contributed by atoms with van der Waals surface area (Å²) in [4.78, 5) is 15.9. The number of esters is 1. The molecule has 2 atom stereocenters. The van der Waals surface area contributed by atoms with E-state index >= 15 is 0 Å². The zero-order chi connectivity index (χ0) is 13.8. The Morgan fingerprint density at radius 2 is 1.89 bits per heavy atom. The van der Waals surface area contributed by atoms with Gasteiger partial charge < -0.3 is 9.58 Å². The van der Waals surface area contributed by atoms with Crippen LogP contribution < -0.4 is 0 Å². The smallest absolute Gasteiger partial charge is 0.333 e. The highest BCUT2D eigenvalue weighted by Gasteiger charge is 2.65. The molecule has 0 radical (unpaired) electrons. The van der Waals surface area contributed by atoms with Crippen LogP contribution >= 0.6 is 0 Å². The highest BCUT2D eigenvalue weighted by Crippen LogP contribution is 2.62. The van der Waals surface area contributed by atoms with Crippen molar-refractivity contribution in [3.8, 4) is 0 Å². The third kappa shape index (κ3) is 1.73. The van der Waals surface area contributed by atoms with Gasteiger partial charge in [0.05, 0.1) is 0 Å². The first-order valence-electron chi connectivity index (χ1n) is 7.16. The Balaban J connectivity index is 1.88. The second kappa shape index (κ2) is 3.85. The summed E-state index contributed by atoms with van der Waals surface area (Å²) in [5.74, 6) is 1.11. The topological polar surface area (TPSA) is 30.7 Å². The molecule has 3 heteroatoms. The monoisotopic (exact) mass is 259 g/mol. The number of hydrogen-bond donors (Lipinski definition) is 0. The predicted octanol–water partition coefficient (Wildman–Crippen LogP) is 3.36. The second-order valence-electron chi connectivity index (χ2n) is 7.03. The summed E-state index contributed by atoms with van der Waals surface area (Å²) in [5.41, 5.74) is -0.0535. The van der Waals surface area contributed by atoms with Crippen LogP contribution in [0.1, 0.15) is 46.0 Å². The summed E-state index contributed by atoms with van der Waals surface area (Å²) >= 11 is 0. The third-order valence-corrected chi connectivity index (χ3v) is 5.68. The van der Waals surface area contributed by atoms with Gasteiger partial charge in [-0.25, -0.2) is 11.4 Å². The highest BCUT2D eigenvalue weighted by molar-refractivity contribution is 5.87. The van der Waals surface area contributed by atoms with E-state index in [-0.39, 0.29) is 17.1 Å². The van der Waals surface area contributed by atoms with Crippen molar-refractivity contribution in [1.29, 1.82) is 0 Å². The van der Waals surface area contributed by atoms with Crippen LogP contribution in [0.15, 0.2) is 12.2 Å². The molecule has 19 heavy (non-hydrogen) atoms. The zero-order valence-corrected chi connectivity index (χ0v) is 11.7. The average molecular weight is 259 g/mol. The number of carbonyl (C=O) groups excluding carboxylic acids is 1. The maximum Gasteiger partial charge on any atom is 0.333 e. The van der Waals surface area contributed by atoms with Gasteiger partial charge in [0.1, 0.15) is 5.60 Å². The van der Waals surface area contributed by atoms with Crippen LogP contribution in [0.2, 0.25) is 0 Å². The standard InChI is InChI=1S/C16H21NO2/c1-10(2)14(18)19-15(3)12-5-11-6-13(15)9-16(7-11,8-12)17-4/h11-13H,1,5-9H2,2-3H3. The molecule has 0 heterocycles. The molecule has 0 aromatic heterocycles. The van der Waals surface area contributed by atoms with Crippen molar-refractivity contribution in [1.82, 2.24) is 0 Å². The van der Waals surface area contributed by atoms with Crippen LogP contribution in [-0.4, -0.2) is 17.1 Å². The molecule has 0 amide bonds. The zero-order valence-electron chi connectivity index (χ0n) is 11.7. The fourth-order valence-corrected chi connectivity index (χ4v) is 4.74. The minimum Gasteiger partial charge on any atom is -0.455 e. The SMILES string of the molecule is [C-]#[N+]C12CC3CC(C1)C(C)(OC(=O)C(=C)C)C(C3)C2. The van der Waals surface area contributed by atoms with Gasteiger partial charge in [-0.05, 0) is 32.6 Å². The Kier molecular flexibility index (Phi) is 2.58. The van der Waals surface area contributed by atoms with E-state index in [4.69, 9.17) is 11.3 Å². The lowest BCUT2D eigenvalue weighted by atomic mass is 9.47. The van der Waals surface area contributed by atoms with Gasteiger partial charge in [0.15, 0.2) is 0 Å². The van der Waals surface area contributed by atoms with Gasteiger partial charge >= 0.3 is 5.97 Å². The summed E-state index contributed by atoms with van der Waals surface area (Å²) in [6.07, 6.45) is 5.11. The van der Waals surface area contributed by atoms with Crippen molar-refractivity contribution in [2.24, 2.45) is 17.8 Å². The molecule has 4 rings (SSSR count). The van der Waals surface area contributed by atoms with Crippen molar-refractivity contribution in [2.75, 3.05) is 0 Å². The largest absolute Gasteiger partial charge is 0.455 e. The Morgan fingerprint density at radius 1 is 1.32 bits per heavy atom. The molecule has 0 aromatic carbocycles. The van der Waals surface area contributed by atoms with Gasteiger partial charge in [-0.3, -0.25) is 0 Å². The van der Waals surface area contributed by atoms with Gasteiger partial charge in [0.25, 0.3) is 0 Å². The maximum absolute atomic E-state index is 11.9. The van der Waals surface area contributed by atoms with Gasteiger partial charge in [-0.1, -0.05) is 6.58 Å². The summed E-state index contributed by atoms with van der Waals surface area (Å²) in [6.45, 7) is 15.0. The van der Waals surface area contributed by atoms with Gasteiger partial charge in [0.2, 0.25) is 5.54 Å². The highest BCUT2D eigenvalue weighted by atomic mass is 16.6. The Hall–Kier alpha value is -1.30. The van der Waals surface area contributed by atoms with Gasteiger partial charge in [-0.2, -0.15) is 0 Å². The molecule has 0 N–H and O–H groups in total. The average Bonchev–Trinajstić information content (AvgIpc) is 2.35. The van der Waals surface area contributed by atoms with Crippen LogP contribution in [0.3, 0.4) is 0 Å². The van der Waals surface area contributed by atoms with Crippen molar-refractivity contribution in [2.45, 2.75) is 57.1 Å². The number of nitrogens with zero attached hydrogens (tertiary/aromatic N) is 1. The molecule has 4 saturated carbocycles. The molecule has 2 unspecified atom stereocenters. The van der Waals surface area contributed by atoms with E-state index in [2.05, 4.69) is 18.3 Å². The van der Waals surface area contributed by atoms with Crippen molar-refractivity contribution < 1.29 is 9.53 Å². The number of rotatable bonds is 2. The van der Waals surface area contributed by atoms with E-state index in [1.54, 1.807) is 6.92 Å². The van der Waals surface area contributed by atoms with E-state index in [0.717, 1.165) is 32.1 Å². The Bertz CT molecular complexity index is 471. The first-order chi connectivity index (χ1) is 8.88. The quantitative estimate of drug-likeness (QED) is 0.432. The molecule has 102 valence electrons. The first-order valence-corrected chi connectivity index (χ1v) is 7.16. The van der Waals surface area contributed by atoms with Crippen LogP contribution in [0.4, 0.5) is 0 Å². The third-order valence-electron chi connectivity index (χ3n) is 5.68. The predicted molar refractivity (Wildman–Crippen MR) is 72.2 cm³/mol. The first kappa shape index (κ1) is 12.7. The van der Waals surface area contributed by atoms with Crippen molar-refractivity contribution in [3.63, 3.8) is 0 Å². The van der Waals surface area contributed by atoms with E-state index in [9.17, 15) is 4.79 Å². The van der Waals surface area contributed by atoms with Gasteiger partial charge in [0, 0.05) is 36.7 Å². The van der Waals surface area contributed by atoms with E-state index in [1.807, 2.05) is 0 Å². The normalized spacial score (nSPS) is 46.7. The lowest BCUT2D eigenvalue weighted by molar-refractivity contribution is -0.199. The summed E-state index contributed by atoms with van der Waals surface area (Å²) in [6, 6.07) is 0. The molecule has 4 aliphatic carbocycles. The van der Waals surface area contributed by atoms with E-state index in [0.29, 0.717) is 23.3 Å². The minimum absolute atomic E-state index is 0.147. The second-order valence-corrected chi connectivity index (χ2v) is 7.03. The lowest BCUT2D eigenvalue weighted by Crippen LogP contribution is -2.62. The molecule has 0 spiro atoms. The van der Waals surface area contributed by atoms with Crippen molar-refractivity contribution >= 4 is 5.97 Å². The molecule has 0 saturated heterocycles. The maximum atomic E-state index is 11.9. The fourth-order valence-electron chi connectivity index (χ4n) is 4.74. The molecule has 0 aliphatic heterocycles. The molecule has 4 bridgehead atoms. The summed E-state index contributed by atoms with van der Waals surface area (Å²) < 4.78 is 5.82. The Morgan fingerprint density at radius 3 is 2.37 bits per heavy atom. The van der Waals surface area contributed by atoms with E-state index < -0.39 is 0 Å². The van der Waals surface area contributed by atoms with Crippen LogP contribution in [0.25, 0.3) is 4.85 Å². The summed E-state index contributed by atoms with van der Waals surface area (Å²) in [5, 5.41) is 0. The van der Waals surface area contributed by atoms with Crippen molar-refractivity contribution in [3.05, 3.63) is 23.6 Å². The molecule has 4 aliphatic rings. The molecular formula is C16H21NO2. The molecule has 3 nitrogen and oxygen atoms in total. The molecule has 0 aromatic rings.